The molecule has 0 unspecified atom stereocenters. The van der Waals surface area contributed by atoms with Crippen molar-refractivity contribution >= 4 is 66.7 Å². The SMILES string of the molecule is Fc1c(F)c(I)c2scnc2c1I. The first kappa shape index (κ1) is 9.97. The van der Waals surface area contributed by atoms with Gasteiger partial charge in [-0.2, -0.15) is 0 Å². The van der Waals surface area contributed by atoms with Crippen molar-refractivity contribution in [3.05, 3.63) is 24.3 Å². The summed E-state index contributed by atoms with van der Waals surface area (Å²) in [5.41, 5.74) is 2.14. The van der Waals surface area contributed by atoms with Crippen LogP contribution in [0, 0.1) is 18.8 Å². The lowest BCUT2D eigenvalue weighted by Crippen LogP contribution is -1.94. The highest BCUT2D eigenvalue weighted by atomic mass is 127. The van der Waals surface area contributed by atoms with E-state index >= 15 is 0 Å². The Bertz CT molecular complexity index is 441. The van der Waals surface area contributed by atoms with Gasteiger partial charge < -0.3 is 0 Å². The topological polar surface area (TPSA) is 12.9 Å². The maximum absolute atomic E-state index is 13.2. The molecule has 13 heavy (non-hydrogen) atoms. The van der Waals surface area contributed by atoms with Crippen LogP contribution in [0.25, 0.3) is 10.2 Å². The Morgan fingerprint density at radius 1 is 1.15 bits per heavy atom. The average molecular weight is 423 g/mol. The lowest BCUT2D eigenvalue weighted by atomic mass is 10.3. The third-order valence-electron chi connectivity index (χ3n) is 1.55. The van der Waals surface area contributed by atoms with Gasteiger partial charge in [-0.3, -0.25) is 0 Å². The Morgan fingerprint density at radius 2 is 1.77 bits per heavy atom. The number of hydrogen-bond acceptors (Lipinski definition) is 2. The van der Waals surface area contributed by atoms with Gasteiger partial charge in [-0.15, -0.1) is 11.3 Å². The molecule has 2 aromatic rings. The molecular formula is C7HF2I2NS. The molecule has 1 heterocycles. The number of aromatic nitrogens is 1. The quantitative estimate of drug-likeness (QED) is 0.357. The molecule has 6 heteroatoms. The normalized spacial score (nSPS) is 11.1. The number of hydrogen-bond donors (Lipinski definition) is 0. The fourth-order valence-corrected chi connectivity index (χ4v) is 3.38. The first-order valence-corrected chi connectivity index (χ1v) is 6.21. The van der Waals surface area contributed by atoms with E-state index in [1.54, 1.807) is 50.7 Å². The van der Waals surface area contributed by atoms with Crippen LogP contribution >= 0.6 is 56.5 Å². The maximum Gasteiger partial charge on any atom is 0.175 e. The van der Waals surface area contributed by atoms with Crippen molar-refractivity contribution in [2.45, 2.75) is 0 Å². The number of rotatable bonds is 0. The van der Waals surface area contributed by atoms with Gasteiger partial charge >= 0.3 is 0 Å². The Balaban J connectivity index is 3.02. The minimum absolute atomic E-state index is 0.256. The lowest BCUT2D eigenvalue weighted by molar-refractivity contribution is 0.501. The molecule has 0 atom stereocenters. The first-order valence-electron chi connectivity index (χ1n) is 3.18. The number of halogens is 4. The Kier molecular flexibility index (Phi) is 2.71. The third-order valence-corrected chi connectivity index (χ3v) is 4.76. The van der Waals surface area contributed by atoms with Gasteiger partial charge in [-0.05, 0) is 45.2 Å². The minimum Gasteiger partial charge on any atom is -0.243 e. The molecule has 1 aromatic heterocycles. The van der Waals surface area contributed by atoms with Gasteiger partial charge in [0.15, 0.2) is 11.6 Å². The highest BCUT2D eigenvalue weighted by Crippen LogP contribution is 2.32. The van der Waals surface area contributed by atoms with Gasteiger partial charge in [0.25, 0.3) is 0 Å². The molecule has 0 fully saturated rings. The Labute approximate surface area is 104 Å². The molecule has 2 rings (SSSR count). The molecule has 0 aliphatic heterocycles. The highest BCUT2D eigenvalue weighted by molar-refractivity contribution is 14.1. The smallest absolute Gasteiger partial charge is 0.175 e. The van der Waals surface area contributed by atoms with Crippen LogP contribution in [-0.2, 0) is 0 Å². The molecule has 0 aliphatic rings. The van der Waals surface area contributed by atoms with Crippen molar-refractivity contribution in [2.75, 3.05) is 0 Å². The number of fused-ring (bicyclic) bond motifs is 1. The zero-order valence-corrected chi connectivity index (χ0v) is 11.1. The van der Waals surface area contributed by atoms with Crippen LogP contribution in [0.15, 0.2) is 5.51 Å². The van der Waals surface area contributed by atoms with Crippen LogP contribution in [0.4, 0.5) is 8.78 Å². The average Bonchev–Trinajstić information content (AvgIpc) is 2.59. The maximum atomic E-state index is 13.2. The predicted octanol–water partition coefficient (Wildman–Crippen LogP) is 3.78. The van der Waals surface area contributed by atoms with Crippen molar-refractivity contribution in [3.63, 3.8) is 0 Å². The lowest BCUT2D eigenvalue weighted by Gasteiger charge is -2.00. The van der Waals surface area contributed by atoms with Crippen molar-refractivity contribution in [1.82, 2.24) is 4.98 Å². The molecule has 1 nitrogen and oxygen atoms in total. The zero-order chi connectivity index (χ0) is 9.59. The fourth-order valence-electron chi connectivity index (χ4n) is 0.955. The van der Waals surface area contributed by atoms with Crippen LogP contribution in [0.3, 0.4) is 0 Å². The molecule has 1 aromatic carbocycles. The molecular weight excluding hydrogens is 422 g/mol. The van der Waals surface area contributed by atoms with E-state index in [1.807, 2.05) is 0 Å². The standard InChI is InChI=1S/C7HF2I2NS/c8-2-3(9)5(11)7-6(4(2)10)12-1-13-7/h1H. The summed E-state index contributed by atoms with van der Waals surface area (Å²) >= 11 is 4.88. The van der Waals surface area contributed by atoms with Gasteiger partial charge in [-0.1, -0.05) is 0 Å². The summed E-state index contributed by atoms with van der Waals surface area (Å²) in [7, 11) is 0. The molecule has 0 saturated heterocycles. The van der Waals surface area contributed by atoms with Crippen molar-refractivity contribution in [1.29, 1.82) is 0 Å². The van der Waals surface area contributed by atoms with E-state index in [0.29, 0.717) is 13.8 Å². The summed E-state index contributed by atoms with van der Waals surface area (Å²) in [4.78, 5) is 3.98. The van der Waals surface area contributed by atoms with E-state index in [4.69, 9.17) is 0 Å². The first-order chi connectivity index (χ1) is 6.13. The third kappa shape index (κ3) is 1.46. The van der Waals surface area contributed by atoms with Crippen LogP contribution in [0.1, 0.15) is 0 Å². The molecule has 0 N–H and O–H groups in total. The summed E-state index contributed by atoms with van der Waals surface area (Å²) in [5.74, 6) is -1.58. The second-order valence-electron chi connectivity index (χ2n) is 2.29. The van der Waals surface area contributed by atoms with Gasteiger partial charge in [0.05, 0.1) is 22.9 Å². The molecule has 0 saturated carbocycles. The van der Waals surface area contributed by atoms with Gasteiger partial charge in [-0.25, -0.2) is 13.8 Å². The van der Waals surface area contributed by atoms with Crippen molar-refractivity contribution in [3.8, 4) is 0 Å². The Hall–Kier alpha value is 0.430. The van der Waals surface area contributed by atoms with Crippen molar-refractivity contribution < 1.29 is 8.78 Å². The zero-order valence-electron chi connectivity index (χ0n) is 5.94. The monoisotopic (exact) mass is 423 g/mol. The summed E-state index contributed by atoms with van der Waals surface area (Å²) in [6, 6.07) is 0. The van der Waals surface area contributed by atoms with Crippen LogP contribution < -0.4 is 0 Å². The minimum atomic E-state index is -0.802. The summed E-state index contributed by atoms with van der Waals surface area (Å²) in [5, 5.41) is 0. The van der Waals surface area contributed by atoms with Crippen LogP contribution in [0.5, 0.6) is 0 Å². The number of benzene rings is 1. The van der Waals surface area contributed by atoms with E-state index in [1.165, 1.54) is 11.3 Å². The Morgan fingerprint density at radius 3 is 2.46 bits per heavy atom. The summed E-state index contributed by atoms with van der Waals surface area (Å²) in [6.45, 7) is 0. The molecule has 0 radical (unpaired) electrons. The van der Waals surface area contributed by atoms with Crippen LogP contribution in [0.2, 0.25) is 0 Å². The molecule has 68 valence electrons. The predicted molar refractivity (Wildman–Crippen MR) is 65.0 cm³/mol. The van der Waals surface area contributed by atoms with Gasteiger partial charge in [0, 0.05) is 0 Å². The largest absolute Gasteiger partial charge is 0.243 e. The molecule has 0 aliphatic carbocycles. The molecule has 0 amide bonds. The molecule has 0 bridgehead atoms. The highest BCUT2D eigenvalue weighted by Gasteiger charge is 2.18. The molecule has 0 spiro atoms. The van der Waals surface area contributed by atoms with Gasteiger partial charge in [0.1, 0.15) is 0 Å². The number of nitrogens with zero attached hydrogens (tertiary/aromatic N) is 1. The van der Waals surface area contributed by atoms with E-state index in [-0.39, 0.29) is 3.57 Å². The van der Waals surface area contributed by atoms with E-state index in [0.717, 1.165) is 0 Å². The number of thiazole rings is 1. The summed E-state index contributed by atoms with van der Waals surface area (Å²) < 4.78 is 27.6. The second kappa shape index (κ2) is 3.54. The van der Waals surface area contributed by atoms with Gasteiger partial charge in [0.2, 0.25) is 0 Å². The van der Waals surface area contributed by atoms with E-state index < -0.39 is 11.6 Å². The van der Waals surface area contributed by atoms with Crippen LogP contribution in [-0.4, -0.2) is 4.98 Å². The van der Waals surface area contributed by atoms with Crippen molar-refractivity contribution in [2.24, 2.45) is 0 Å². The summed E-state index contributed by atoms with van der Waals surface area (Å²) in [6.07, 6.45) is 0. The van der Waals surface area contributed by atoms with E-state index in [9.17, 15) is 8.78 Å². The van der Waals surface area contributed by atoms with E-state index in [2.05, 4.69) is 4.98 Å². The second-order valence-corrected chi connectivity index (χ2v) is 5.30. The fraction of sp³-hybridized carbons (Fsp3) is 0.